The Labute approximate surface area is 84.3 Å². The highest BCUT2D eigenvalue weighted by atomic mass is 14.2. The van der Waals surface area contributed by atoms with Crippen LogP contribution in [-0.2, 0) is 0 Å². The molecule has 1 rings (SSSR count). The summed E-state index contributed by atoms with van der Waals surface area (Å²) in [5.74, 6) is 0. The van der Waals surface area contributed by atoms with Crippen LogP contribution in [0.15, 0.2) is 60.7 Å². The lowest BCUT2D eigenvalue weighted by atomic mass is 10.1. The van der Waals surface area contributed by atoms with Gasteiger partial charge in [-0.05, 0) is 23.3 Å². The average molecular weight is 181 g/mol. The molecule has 1 heteroatoms. The first-order chi connectivity index (χ1) is 6.86. The van der Waals surface area contributed by atoms with Gasteiger partial charge in [0, 0.05) is 6.08 Å². The molecule has 0 saturated heterocycles. The molecule has 0 fully saturated rings. The summed E-state index contributed by atoms with van der Waals surface area (Å²) in [6.07, 6.45) is 6.87. The summed E-state index contributed by atoms with van der Waals surface area (Å²) in [7, 11) is 0. The first-order valence-corrected chi connectivity index (χ1v) is 4.32. The van der Waals surface area contributed by atoms with Crippen molar-refractivity contribution < 1.29 is 0 Å². The van der Waals surface area contributed by atoms with Crippen LogP contribution in [0.5, 0.6) is 0 Å². The fraction of sp³-hybridized carbons (Fsp3) is 0. The van der Waals surface area contributed by atoms with Gasteiger partial charge in [-0.15, -0.1) is 0 Å². The van der Waals surface area contributed by atoms with Crippen LogP contribution >= 0.6 is 0 Å². The second-order valence-corrected chi connectivity index (χ2v) is 2.72. The molecule has 0 atom stereocenters. The molecule has 0 N–H and O–H groups in total. The summed E-state index contributed by atoms with van der Waals surface area (Å²) >= 11 is 0. The Morgan fingerprint density at radius 2 is 2.00 bits per heavy atom. The van der Waals surface area contributed by atoms with Gasteiger partial charge in [-0.25, -0.2) is 0 Å². The molecule has 0 unspecified atom stereocenters. The monoisotopic (exact) mass is 181 g/mol. The standard InChI is InChI=1S/C13H11N/c1-2-12(9-6-10-14)11-13-7-4-3-5-8-13/h2-9,11H,1H2. The zero-order valence-corrected chi connectivity index (χ0v) is 7.85. The third-order valence-electron chi connectivity index (χ3n) is 1.72. The molecule has 0 aliphatic heterocycles. The van der Waals surface area contributed by atoms with E-state index in [1.807, 2.05) is 42.5 Å². The minimum absolute atomic E-state index is 0.928. The Balaban J connectivity index is 2.91. The van der Waals surface area contributed by atoms with Crippen molar-refractivity contribution in [2.24, 2.45) is 0 Å². The Hall–Kier alpha value is -2.07. The zero-order chi connectivity index (χ0) is 10.2. The maximum absolute atomic E-state index is 8.38. The number of rotatable bonds is 3. The highest BCUT2D eigenvalue weighted by Gasteiger charge is 1.87. The van der Waals surface area contributed by atoms with E-state index in [0.29, 0.717) is 0 Å². The lowest BCUT2D eigenvalue weighted by Crippen LogP contribution is -1.73. The summed E-state index contributed by atoms with van der Waals surface area (Å²) in [6, 6.07) is 11.9. The van der Waals surface area contributed by atoms with Crippen LogP contribution < -0.4 is 0 Å². The number of nitriles is 1. The van der Waals surface area contributed by atoms with Crippen LogP contribution in [0.2, 0.25) is 0 Å². The molecule has 0 aliphatic carbocycles. The number of hydrogen-bond donors (Lipinski definition) is 0. The van der Waals surface area contributed by atoms with E-state index < -0.39 is 0 Å². The van der Waals surface area contributed by atoms with E-state index in [2.05, 4.69) is 6.58 Å². The molecular formula is C13H11N. The van der Waals surface area contributed by atoms with Crippen molar-refractivity contribution >= 4 is 6.08 Å². The number of hydrogen-bond acceptors (Lipinski definition) is 1. The Bertz CT molecular complexity index is 391. The zero-order valence-electron chi connectivity index (χ0n) is 7.85. The second kappa shape index (κ2) is 5.55. The maximum atomic E-state index is 8.38. The SMILES string of the molecule is C=CC(C=CC#N)=Cc1ccccc1. The third kappa shape index (κ3) is 3.12. The van der Waals surface area contributed by atoms with Gasteiger partial charge in [0.25, 0.3) is 0 Å². The van der Waals surface area contributed by atoms with E-state index in [-0.39, 0.29) is 0 Å². The summed E-state index contributed by atoms with van der Waals surface area (Å²) in [5.41, 5.74) is 2.03. The van der Waals surface area contributed by atoms with Crippen molar-refractivity contribution in [1.82, 2.24) is 0 Å². The van der Waals surface area contributed by atoms with Gasteiger partial charge in [0.15, 0.2) is 0 Å². The predicted molar refractivity (Wildman–Crippen MR) is 59.4 cm³/mol. The van der Waals surface area contributed by atoms with E-state index in [9.17, 15) is 0 Å². The molecule has 0 bridgehead atoms. The largest absolute Gasteiger partial charge is 0.193 e. The van der Waals surface area contributed by atoms with Gasteiger partial charge in [-0.1, -0.05) is 43.0 Å². The molecule has 0 amide bonds. The van der Waals surface area contributed by atoms with E-state index in [1.165, 1.54) is 6.08 Å². The van der Waals surface area contributed by atoms with Gasteiger partial charge in [0.1, 0.15) is 0 Å². The van der Waals surface area contributed by atoms with Crippen LogP contribution in [0.3, 0.4) is 0 Å². The molecule has 0 radical (unpaired) electrons. The Morgan fingerprint density at radius 3 is 2.57 bits per heavy atom. The highest BCUT2D eigenvalue weighted by Crippen LogP contribution is 2.08. The lowest BCUT2D eigenvalue weighted by molar-refractivity contribution is 1.53. The predicted octanol–water partition coefficient (Wildman–Crippen LogP) is 3.34. The average Bonchev–Trinajstić information content (AvgIpc) is 2.25. The molecule has 68 valence electrons. The minimum Gasteiger partial charge on any atom is -0.193 e. The molecule has 0 heterocycles. The van der Waals surface area contributed by atoms with Crippen molar-refractivity contribution in [2.45, 2.75) is 0 Å². The van der Waals surface area contributed by atoms with Crippen LogP contribution in [0.25, 0.3) is 6.08 Å². The van der Waals surface area contributed by atoms with E-state index in [1.54, 1.807) is 12.2 Å². The van der Waals surface area contributed by atoms with Gasteiger partial charge in [-0.3, -0.25) is 0 Å². The van der Waals surface area contributed by atoms with Gasteiger partial charge < -0.3 is 0 Å². The molecule has 1 aromatic carbocycles. The molecule has 14 heavy (non-hydrogen) atoms. The van der Waals surface area contributed by atoms with Crippen molar-refractivity contribution in [3.63, 3.8) is 0 Å². The molecule has 0 aromatic heterocycles. The number of nitrogens with zero attached hydrogens (tertiary/aromatic N) is 1. The fourth-order valence-corrected chi connectivity index (χ4v) is 1.05. The molecule has 0 aliphatic rings. The van der Waals surface area contributed by atoms with E-state index in [4.69, 9.17) is 5.26 Å². The Kier molecular flexibility index (Phi) is 3.97. The van der Waals surface area contributed by atoms with Crippen molar-refractivity contribution in [1.29, 1.82) is 5.26 Å². The quantitative estimate of drug-likeness (QED) is 0.518. The first-order valence-electron chi connectivity index (χ1n) is 4.32. The van der Waals surface area contributed by atoms with E-state index in [0.717, 1.165) is 11.1 Å². The summed E-state index contributed by atoms with van der Waals surface area (Å²) in [6.45, 7) is 3.68. The third-order valence-corrected chi connectivity index (χ3v) is 1.72. The van der Waals surface area contributed by atoms with Crippen LogP contribution in [-0.4, -0.2) is 0 Å². The van der Waals surface area contributed by atoms with E-state index >= 15 is 0 Å². The topological polar surface area (TPSA) is 23.8 Å². The number of allylic oxidation sites excluding steroid dienone is 4. The van der Waals surface area contributed by atoms with Crippen LogP contribution in [0, 0.1) is 11.3 Å². The van der Waals surface area contributed by atoms with Gasteiger partial charge in [-0.2, -0.15) is 5.26 Å². The van der Waals surface area contributed by atoms with Crippen molar-refractivity contribution in [2.75, 3.05) is 0 Å². The second-order valence-electron chi connectivity index (χ2n) is 2.72. The molecular weight excluding hydrogens is 170 g/mol. The van der Waals surface area contributed by atoms with Crippen molar-refractivity contribution in [3.8, 4) is 6.07 Å². The summed E-state index contributed by atoms with van der Waals surface area (Å²) in [4.78, 5) is 0. The normalized spacial score (nSPS) is 11.2. The smallest absolute Gasteiger partial charge is 0.0912 e. The van der Waals surface area contributed by atoms with Gasteiger partial charge >= 0.3 is 0 Å². The molecule has 0 saturated carbocycles. The molecule has 1 nitrogen and oxygen atoms in total. The number of benzene rings is 1. The van der Waals surface area contributed by atoms with Crippen LogP contribution in [0.4, 0.5) is 0 Å². The molecule has 0 spiro atoms. The lowest BCUT2D eigenvalue weighted by Gasteiger charge is -1.94. The fourth-order valence-electron chi connectivity index (χ4n) is 1.05. The summed E-state index contributed by atoms with van der Waals surface area (Å²) in [5, 5.41) is 8.38. The Morgan fingerprint density at radius 1 is 1.29 bits per heavy atom. The van der Waals surface area contributed by atoms with Gasteiger partial charge in [0.05, 0.1) is 6.07 Å². The highest BCUT2D eigenvalue weighted by molar-refractivity contribution is 5.59. The summed E-state index contributed by atoms with van der Waals surface area (Å²) < 4.78 is 0. The van der Waals surface area contributed by atoms with Crippen molar-refractivity contribution in [3.05, 3.63) is 66.3 Å². The maximum Gasteiger partial charge on any atom is 0.0912 e. The van der Waals surface area contributed by atoms with Crippen LogP contribution in [0.1, 0.15) is 5.56 Å². The minimum atomic E-state index is 0.928. The first kappa shape index (κ1) is 10.0. The van der Waals surface area contributed by atoms with Gasteiger partial charge in [0.2, 0.25) is 0 Å². The molecule has 1 aromatic rings.